The predicted molar refractivity (Wildman–Crippen MR) is 134 cm³/mol. The second-order valence-corrected chi connectivity index (χ2v) is 9.14. The van der Waals surface area contributed by atoms with Crippen LogP contribution in [0.3, 0.4) is 0 Å². The Morgan fingerprint density at radius 3 is 2.52 bits per heavy atom. The lowest BCUT2D eigenvalue weighted by atomic mass is 9.99. The lowest BCUT2D eigenvalue weighted by Crippen LogP contribution is -2.23. The number of alkyl halides is 3. The number of aromatic nitrogens is 4. The van der Waals surface area contributed by atoms with Gasteiger partial charge < -0.3 is 5.32 Å². The fraction of sp³-hybridized carbons (Fsp3) is 0.185. The third-order valence-electron chi connectivity index (χ3n) is 6.28. The zero-order chi connectivity index (χ0) is 28.6. The van der Waals surface area contributed by atoms with Gasteiger partial charge in [0.1, 0.15) is 11.6 Å². The van der Waals surface area contributed by atoms with Crippen molar-refractivity contribution in [1.29, 1.82) is 0 Å². The first-order valence-electron chi connectivity index (χ1n) is 12.0. The first-order valence-corrected chi connectivity index (χ1v) is 12.0. The van der Waals surface area contributed by atoms with Gasteiger partial charge in [-0.05, 0) is 18.2 Å². The summed E-state index contributed by atoms with van der Waals surface area (Å²) in [6, 6.07) is 11.0. The summed E-state index contributed by atoms with van der Waals surface area (Å²) in [6.45, 7) is 0. The highest BCUT2D eigenvalue weighted by Crippen LogP contribution is 2.38. The van der Waals surface area contributed by atoms with E-state index in [0.717, 1.165) is 6.07 Å². The number of benzene rings is 2. The number of halogens is 4. The largest absolute Gasteiger partial charge is 0.417 e. The smallest absolute Gasteiger partial charge is 0.319 e. The summed E-state index contributed by atoms with van der Waals surface area (Å²) < 4.78 is 57.3. The van der Waals surface area contributed by atoms with Crippen LogP contribution >= 0.6 is 0 Å². The third kappa shape index (κ3) is 5.44. The van der Waals surface area contributed by atoms with Crippen LogP contribution in [-0.4, -0.2) is 37.5 Å². The molecule has 2 aromatic heterocycles. The molecule has 1 unspecified atom stereocenters. The van der Waals surface area contributed by atoms with Gasteiger partial charge in [-0.1, -0.05) is 30.3 Å². The first-order chi connectivity index (χ1) is 19.0. The number of rotatable bonds is 6. The average Bonchev–Trinajstić information content (AvgIpc) is 3.48. The van der Waals surface area contributed by atoms with Gasteiger partial charge in [0.15, 0.2) is 0 Å². The van der Waals surface area contributed by atoms with Gasteiger partial charge in [-0.15, -0.1) is 0 Å². The maximum atomic E-state index is 14.9. The van der Waals surface area contributed by atoms with Crippen molar-refractivity contribution in [2.45, 2.75) is 19.0 Å². The number of nitrogens with one attached hydrogen (secondary N) is 2. The molecule has 4 aromatic rings. The summed E-state index contributed by atoms with van der Waals surface area (Å²) >= 11 is 0. The van der Waals surface area contributed by atoms with Crippen molar-refractivity contribution in [3.63, 3.8) is 0 Å². The Hall–Kier alpha value is -4.94. The van der Waals surface area contributed by atoms with Gasteiger partial charge in [0.05, 0.1) is 40.3 Å². The maximum Gasteiger partial charge on any atom is 0.417 e. The second-order valence-electron chi connectivity index (χ2n) is 9.14. The molecule has 2 aromatic carbocycles. The Kier molecular flexibility index (Phi) is 6.88. The summed E-state index contributed by atoms with van der Waals surface area (Å²) in [6.07, 6.45) is -2.15. The fourth-order valence-corrected chi connectivity index (χ4v) is 4.36. The molecule has 1 aliphatic rings. The van der Waals surface area contributed by atoms with Crippen LogP contribution in [0.1, 0.15) is 28.2 Å². The van der Waals surface area contributed by atoms with E-state index in [0.29, 0.717) is 5.56 Å². The quantitative estimate of drug-likeness (QED) is 0.274. The van der Waals surface area contributed by atoms with Crippen LogP contribution in [0.2, 0.25) is 0 Å². The van der Waals surface area contributed by atoms with Crippen LogP contribution in [0, 0.1) is 11.7 Å². The zero-order valence-electron chi connectivity index (χ0n) is 20.8. The molecule has 9 nitrogen and oxygen atoms in total. The highest BCUT2D eigenvalue weighted by molar-refractivity contribution is 6.07. The molecule has 3 heterocycles. The molecule has 1 aliphatic heterocycles. The third-order valence-corrected chi connectivity index (χ3v) is 6.28. The minimum atomic E-state index is -4.90. The molecule has 1 fully saturated rings. The number of imide groups is 1. The van der Waals surface area contributed by atoms with Gasteiger partial charge in [-0.25, -0.2) is 14.4 Å². The number of hydrogen-bond donors (Lipinski definition) is 2. The number of amides is 3. The molecule has 1 atom stereocenters. The molecule has 0 bridgehead atoms. The van der Waals surface area contributed by atoms with Crippen molar-refractivity contribution >= 4 is 23.4 Å². The molecule has 1 saturated heterocycles. The van der Waals surface area contributed by atoms with Gasteiger partial charge in [0.25, 0.3) is 5.91 Å². The summed E-state index contributed by atoms with van der Waals surface area (Å²) in [5.74, 6) is -3.66. The van der Waals surface area contributed by atoms with E-state index in [2.05, 4.69) is 25.7 Å². The molecule has 40 heavy (non-hydrogen) atoms. The maximum absolute atomic E-state index is 14.9. The van der Waals surface area contributed by atoms with E-state index in [1.807, 2.05) is 0 Å². The van der Waals surface area contributed by atoms with E-state index in [4.69, 9.17) is 0 Å². The Balaban J connectivity index is 1.51. The van der Waals surface area contributed by atoms with Gasteiger partial charge in [0, 0.05) is 37.2 Å². The number of aryl methyl sites for hydroxylation is 1. The Bertz CT molecular complexity index is 1640. The van der Waals surface area contributed by atoms with E-state index in [1.54, 1.807) is 30.3 Å². The molecular weight excluding hydrogens is 532 g/mol. The van der Waals surface area contributed by atoms with Crippen molar-refractivity contribution in [3.8, 4) is 22.5 Å². The van der Waals surface area contributed by atoms with Crippen LogP contribution in [-0.2, 0) is 29.2 Å². The van der Waals surface area contributed by atoms with E-state index in [1.165, 1.54) is 30.2 Å². The van der Waals surface area contributed by atoms with E-state index >= 15 is 0 Å². The fourth-order valence-electron chi connectivity index (χ4n) is 4.36. The van der Waals surface area contributed by atoms with Crippen LogP contribution in [0.4, 0.5) is 23.2 Å². The van der Waals surface area contributed by atoms with E-state index in [-0.39, 0.29) is 41.8 Å². The highest BCUT2D eigenvalue weighted by Gasteiger charge is 2.36. The van der Waals surface area contributed by atoms with Crippen LogP contribution < -0.4 is 10.6 Å². The van der Waals surface area contributed by atoms with Crippen molar-refractivity contribution in [2.75, 3.05) is 5.32 Å². The topological polar surface area (TPSA) is 119 Å². The number of carbonyl (C=O) groups excluding carboxylic acids is 3. The number of anilines is 1. The number of hydrogen-bond acceptors (Lipinski definition) is 6. The predicted octanol–water partition coefficient (Wildman–Crippen LogP) is 4.16. The van der Waals surface area contributed by atoms with E-state index in [9.17, 15) is 31.9 Å². The van der Waals surface area contributed by atoms with Crippen molar-refractivity contribution in [3.05, 3.63) is 83.7 Å². The van der Waals surface area contributed by atoms with Crippen LogP contribution in [0.5, 0.6) is 0 Å². The SMILES string of the molecule is Cn1ccc(-c2cc(C(=O)Nc3cnc(CC4CC(=O)NC4=O)nc3-c3ccccc3)c(F)cc2C(F)(F)F)n1. The molecule has 0 aliphatic carbocycles. The zero-order valence-corrected chi connectivity index (χ0v) is 20.8. The first kappa shape index (κ1) is 26.7. The summed E-state index contributed by atoms with van der Waals surface area (Å²) in [5, 5.41) is 8.70. The molecule has 13 heteroatoms. The molecule has 204 valence electrons. The molecular formula is C27H20F4N6O3. The molecule has 0 saturated carbocycles. The minimum absolute atomic E-state index is 0.00679. The van der Waals surface area contributed by atoms with Crippen molar-refractivity contribution in [1.82, 2.24) is 25.1 Å². The van der Waals surface area contributed by atoms with Gasteiger partial charge in [-0.2, -0.15) is 18.3 Å². The van der Waals surface area contributed by atoms with Gasteiger partial charge in [-0.3, -0.25) is 24.4 Å². The summed E-state index contributed by atoms with van der Waals surface area (Å²) in [5.41, 5.74) is -1.61. The Morgan fingerprint density at radius 1 is 1.15 bits per heavy atom. The summed E-state index contributed by atoms with van der Waals surface area (Å²) in [7, 11) is 1.51. The van der Waals surface area contributed by atoms with Crippen molar-refractivity contribution < 1.29 is 31.9 Å². The normalized spacial score (nSPS) is 15.3. The van der Waals surface area contributed by atoms with Gasteiger partial charge in [0.2, 0.25) is 11.8 Å². The molecule has 5 rings (SSSR count). The number of carbonyl (C=O) groups is 3. The highest BCUT2D eigenvalue weighted by atomic mass is 19.4. The van der Waals surface area contributed by atoms with Crippen molar-refractivity contribution in [2.24, 2.45) is 13.0 Å². The molecule has 0 radical (unpaired) electrons. The standard InChI is InChI=1S/C27H20F4N6O3/c1-37-8-7-20(36-37)16-11-17(19(28)12-18(16)27(29,30)31)26(40)33-21-13-32-22(9-15-10-23(38)35-25(15)39)34-24(21)14-5-3-2-4-6-14/h2-8,11-13,15H,9-10H2,1H3,(H,33,40)(H,35,38,39). The minimum Gasteiger partial charge on any atom is -0.319 e. The Morgan fingerprint density at radius 2 is 1.90 bits per heavy atom. The molecule has 2 N–H and O–H groups in total. The lowest BCUT2D eigenvalue weighted by Gasteiger charge is -2.16. The second kappa shape index (κ2) is 10.3. The lowest BCUT2D eigenvalue weighted by molar-refractivity contribution is -0.137. The molecule has 3 amide bonds. The van der Waals surface area contributed by atoms with Crippen LogP contribution in [0.25, 0.3) is 22.5 Å². The number of nitrogens with zero attached hydrogens (tertiary/aromatic N) is 4. The Labute approximate surface area is 224 Å². The van der Waals surface area contributed by atoms with Crippen LogP contribution in [0.15, 0.2) is 60.9 Å². The monoisotopic (exact) mass is 552 g/mol. The average molecular weight is 552 g/mol. The molecule has 0 spiro atoms. The van der Waals surface area contributed by atoms with E-state index < -0.39 is 52.3 Å². The van der Waals surface area contributed by atoms with Gasteiger partial charge >= 0.3 is 6.18 Å². The summed E-state index contributed by atoms with van der Waals surface area (Å²) in [4.78, 5) is 45.4.